The normalized spacial score (nSPS) is 16.1. The quantitative estimate of drug-likeness (QED) is 0.927. The molecule has 2 aromatic rings. The van der Waals surface area contributed by atoms with Crippen molar-refractivity contribution >= 4 is 11.7 Å². The summed E-state index contributed by atoms with van der Waals surface area (Å²) in [6.07, 6.45) is 4.33. The molecule has 0 saturated carbocycles. The highest BCUT2D eigenvalue weighted by molar-refractivity contribution is 5.94. The molecule has 120 valence electrons. The van der Waals surface area contributed by atoms with Gasteiger partial charge < -0.3 is 10.6 Å². The predicted molar refractivity (Wildman–Crippen MR) is 88.7 cm³/mol. The molecule has 3 heterocycles. The van der Waals surface area contributed by atoms with Crippen molar-refractivity contribution < 1.29 is 4.79 Å². The molecule has 0 aromatic carbocycles. The number of rotatable bonds is 3. The first-order valence-electron chi connectivity index (χ1n) is 7.85. The molecule has 2 aromatic heterocycles. The zero-order valence-electron chi connectivity index (χ0n) is 13.1. The van der Waals surface area contributed by atoms with E-state index in [2.05, 4.69) is 14.9 Å². The number of carbonyl (C=O) groups excluding carboxylic acids is 1. The van der Waals surface area contributed by atoms with Crippen molar-refractivity contribution in [3.63, 3.8) is 0 Å². The third-order valence-corrected chi connectivity index (χ3v) is 4.02. The van der Waals surface area contributed by atoms with Crippen molar-refractivity contribution in [1.82, 2.24) is 19.8 Å². The number of pyridine rings is 2. The molecule has 6 heteroatoms. The summed E-state index contributed by atoms with van der Waals surface area (Å²) in [7, 11) is 0. The summed E-state index contributed by atoms with van der Waals surface area (Å²) >= 11 is 0. The van der Waals surface area contributed by atoms with Gasteiger partial charge in [0.2, 0.25) is 0 Å². The van der Waals surface area contributed by atoms with Crippen molar-refractivity contribution in [3.05, 3.63) is 54.0 Å². The van der Waals surface area contributed by atoms with Crippen LogP contribution in [0.25, 0.3) is 0 Å². The van der Waals surface area contributed by atoms with E-state index in [1.807, 2.05) is 29.3 Å². The van der Waals surface area contributed by atoms with Crippen LogP contribution in [0.15, 0.2) is 42.7 Å². The Bertz CT molecular complexity index is 644. The minimum atomic E-state index is 0.0252. The van der Waals surface area contributed by atoms with Crippen LogP contribution in [0, 0.1) is 0 Å². The first kappa shape index (κ1) is 15.4. The van der Waals surface area contributed by atoms with Gasteiger partial charge in [0.1, 0.15) is 5.82 Å². The first-order valence-corrected chi connectivity index (χ1v) is 7.85. The molecule has 1 aliphatic heterocycles. The number of anilines is 1. The lowest BCUT2D eigenvalue weighted by Gasteiger charge is -2.21. The van der Waals surface area contributed by atoms with Crippen molar-refractivity contribution in [2.75, 3.05) is 31.9 Å². The lowest BCUT2D eigenvalue weighted by Crippen LogP contribution is -2.35. The molecule has 1 aliphatic rings. The van der Waals surface area contributed by atoms with Crippen molar-refractivity contribution in [1.29, 1.82) is 0 Å². The number of aromatic nitrogens is 2. The fourth-order valence-corrected chi connectivity index (χ4v) is 2.77. The zero-order chi connectivity index (χ0) is 16.1. The Kier molecular flexibility index (Phi) is 4.83. The van der Waals surface area contributed by atoms with Gasteiger partial charge in [0.25, 0.3) is 5.91 Å². The fourth-order valence-electron chi connectivity index (χ4n) is 2.77. The van der Waals surface area contributed by atoms with Crippen LogP contribution in [0.4, 0.5) is 5.82 Å². The van der Waals surface area contributed by atoms with Crippen LogP contribution < -0.4 is 5.73 Å². The van der Waals surface area contributed by atoms with Gasteiger partial charge in [-0.25, -0.2) is 4.98 Å². The van der Waals surface area contributed by atoms with E-state index in [4.69, 9.17) is 5.73 Å². The SMILES string of the molecule is Nc1ccc(C(=O)N2CCCN(Cc3ccccn3)CC2)cn1. The molecule has 1 fully saturated rings. The molecule has 1 amide bonds. The van der Waals surface area contributed by atoms with Crippen LogP contribution in [-0.4, -0.2) is 51.9 Å². The maximum absolute atomic E-state index is 12.5. The number of nitrogens with zero attached hydrogens (tertiary/aromatic N) is 4. The summed E-state index contributed by atoms with van der Waals surface area (Å²) in [6.45, 7) is 4.13. The lowest BCUT2D eigenvalue weighted by atomic mass is 10.2. The molecular weight excluding hydrogens is 290 g/mol. The van der Waals surface area contributed by atoms with E-state index < -0.39 is 0 Å². The summed E-state index contributed by atoms with van der Waals surface area (Å²) in [4.78, 5) is 25.2. The number of nitrogen functional groups attached to an aromatic ring is 1. The second-order valence-corrected chi connectivity index (χ2v) is 5.71. The summed E-state index contributed by atoms with van der Waals surface area (Å²) in [5.41, 5.74) is 7.23. The average Bonchev–Trinajstić information content (AvgIpc) is 2.81. The summed E-state index contributed by atoms with van der Waals surface area (Å²) < 4.78 is 0. The van der Waals surface area contributed by atoms with E-state index in [0.717, 1.165) is 44.8 Å². The molecular formula is C17H21N5O. The van der Waals surface area contributed by atoms with Gasteiger partial charge in [-0.1, -0.05) is 6.07 Å². The van der Waals surface area contributed by atoms with E-state index in [-0.39, 0.29) is 5.91 Å². The van der Waals surface area contributed by atoms with E-state index in [9.17, 15) is 4.79 Å². The van der Waals surface area contributed by atoms with Gasteiger partial charge >= 0.3 is 0 Å². The predicted octanol–water partition coefficient (Wildman–Crippen LogP) is 1.41. The highest BCUT2D eigenvalue weighted by Gasteiger charge is 2.20. The Morgan fingerprint density at radius 3 is 2.74 bits per heavy atom. The Hall–Kier alpha value is -2.47. The zero-order valence-corrected chi connectivity index (χ0v) is 13.1. The summed E-state index contributed by atoms with van der Waals surface area (Å²) in [5, 5.41) is 0. The molecule has 2 N–H and O–H groups in total. The fraction of sp³-hybridized carbons (Fsp3) is 0.353. The second-order valence-electron chi connectivity index (χ2n) is 5.71. The third kappa shape index (κ3) is 4.04. The van der Waals surface area contributed by atoms with Crippen LogP contribution in [0.3, 0.4) is 0 Å². The molecule has 0 bridgehead atoms. The average molecular weight is 311 g/mol. The highest BCUT2D eigenvalue weighted by atomic mass is 16.2. The van der Waals surface area contributed by atoms with Gasteiger partial charge in [-0.15, -0.1) is 0 Å². The Balaban J connectivity index is 1.59. The second kappa shape index (κ2) is 7.19. The molecule has 3 rings (SSSR count). The largest absolute Gasteiger partial charge is 0.384 e. The Morgan fingerprint density at radius 1 is 1.09 bits per heavy atom. The molecule has 0 atom stereocenters. The van der Waals surface area contributed by atoms with Gasteiger partial charge in [0.05, 0.1) is 11.3 Å². The van der Waals surface area contributed by atoms with Crippen molar-refractivity contribution in [3.8, 4) is 0 Å². The van der Waals surface area contributed by atoms with E-state index in [1.165, 1.54) is 0 Å². The van der Waals surface area contributed by atoms with Crippen LogP contribution in [0.1, 0.15) is 22.5 Å². The minimum absolute atomic E-state index is 0.0252. The monoisotopic (exact) mass is 311 g/mol. The van der Waals surface area contributed by atoms with Crippen LogP contribution >= 0.6 is 0 Å². The van der Waals surface area contributed by atoms with E-state index >= 15 is 0 Å². The Labute approximate surface area is 135 Å². The van der Waals surface area contributed by atoms with Gasteiger partial charge in [0.15, 0.2) is 0 Å². The lowest BCUT2D eigenvalue weighted by molar-refractivity contribution is 0.0760. The number of amides is 1. The number of nitrogens with two attached hydrogens (primary N) is 1. The third-order valence-electron chi connectivity index (χ3n) is 4.02. The van der Waals surface area contributed by atoms with E-state index in [0.29, 0.717) is 11.4 Å². The molecule has 0 spiro atoms. The summed E-state index contributed by atoms with van der Waals surface area (Å²) in [5.74, 6) is 0.455. The van der Waals surface area contributed by atoms with Gasteiger partial charge in [-0.2, -0.15) is 0 Å². The van der Waals surface area contributed by atoms with Crippen LogP contribution in [-0.2, 0) is 6.54 Å². The van der Waals surface area contributed by atoms with Gasteiger partial charge in [-0.3, -0.25) is 14.7 Å². The maximum atomic E-state index is 12.5. The van der Waals surface area contributed by atoms with Gasteiger partial charge in [0, 0.05) is 45.1 Å². The van der Waals surface area contributed by atoms with Crippen molar-refractivity contribution in [2.24, 2.45) is 0 Å². The standard InChI is InChI=1S/C17H21N5O/c18-16-6-5-14(12-20-16)17(23)22-9-3-8-21(10-11-22)13-15-4-1-2-7-19-15/h1-2,4-7,12H,3,8-11,13H2,(H2,18,20). The first-order chi connectivity index (χ1) is 11.2. The van der Waals surface area contributed by atoms with Gasteiger partial charge in [-0.05, 0) is 30.7 Å². The smallest absolute Gasteiger partial charge is 0.255 e. The Morgan fingerprint density at radius 2 is 2.00 bits per heavy atom. The number of hydrogen-bond donors (Lipinski definition) is 1. The number of hydrogen-bond acceptors (Lipinski definition) is 5. The molecule has 23 heavy (non-hydrogen) atoms. The van der Waals surface area contributed by atoms with Crippen LogP contribution in [0.2, 0.25) is 0 Å². The molecule has 6 nitrogen and oxygen atoms in total. The molecule has 0 aliphatic carbocycles. The molecule has 0 radical (unpaired) electrons. The minimum Gasteiger partial charge on any atom is -0.384 e. The van der Waals surface area contributed by atoms with Crippen molar-refractivity contribution in [2.45, 2.75) is 13.0 Å². The maximum Gasteiger partial charge on any atom is 0.255 e. The molecule has 0 unspecified atom stereocenters. The highest BCUT2D eigenvalue weighted by Crippen LogP contribution is 2.11. The molecule has 1 saturated heterocycles. The summed E-state index contributed by atoms with van der Waals surface area (Å²) in [6, 6.07) is 9.37. The topological polar surface area (TPSA) is 75.4 Å². The van der Waals surface area contributed by atoms with Crippen LogP contribution in [0.5, 0.6) is 0 Å². The number of carbonyl (C=O) groups is 1. The van der Waals surface area contributed by atoms with E-state index in [1.54, 1.807) is 18.3 Å².